The molecule has 2 fully saturated rings. The van der Waals surface area contributed by atoms with Crippen LogP contribution >= 0.6 is 0 Å². The van der Waals surface area contributed by atoms with E-state index in [9.17, 15) is 13.2 Å². The second-order valence-electron chi connectivity index (χ2n) is 7.68. The van der Waals surface area contributed by atoms with Gasteiger partial charge in [0.2, 0.25) is 5.95 Å². The first kappa shape index (κ1) is 23.0. The van der Waals surface area contributed by atoms with Gasteiger partial charge in [0, 0.05) is 30.9 Å². The molecule has 1 N–H and O–H groups in total. The number of hydrogen-bond donors (Lipinski definition) is 1. The molecule has 11 heteroatoms. The van der Waals surface area contributed by atoms with Crippen LogP contribution < -0.4 is 4.90 Å². The number of aliphatic carboxylic acids is 1. The van der Waals surface area contributed by atoms with Crippen molar-refractivity contribution in [2.24, 2.45) is 5.41 Å². The number of nitrogens with zero attached hydrogens (tertiary/aromatic N) is 4. The zero-order valence-electron chi connectivity index (χ0n) is 16.9. The largest absolute Gasteiger partial charge is 0.490 e. The zero-order chi connectivity index (χ0) is 22.3. The Morgan fingerprint density at radius 3 is 2.42 bits per heavy atom. The van der Waals surface area contributed by atoms with Gasteiger partial charge in [0.15, 0.2) is 0 Å². The van der Waals surface area contributed by atoms with Gasteiger partial charge in [0.1, 0.15) is 5.76 Å². The number of anilines is 1. The first-order chi connectivity index (χ1) is 14.8. The third-order valence-electron chi connectivity index (χ3n) is 5.39. The number of piperidine rings is 1. The molecule has 0 radical (unpaired) electrons. The van der Waals surface area contributed by atoms with Crippen molar-refractivity contribution in [3.8, 4) is 0 Å². The maximum atomic E-state index is 10.6. The Bertz CT molecular complexity index is 810. The minimum absolute atomic E-state index is 0.204. The van der Waals surface area contributed by atoms with Gasteiger partial charge in [-0.1, -0.05) is 0 Å². The second-order valence-corrected chi connectivity index (χ2v) is 7.68. The lowest BCUT2D eigenvalue weighted by atomic mass is 9.78. The van der Waals surface area contributed by atoms with Gasteiger partial charge < -0.3 is 19.2 Å². The molecule has 1 spiro atoms. The van der Waals surface area contributed by atoms with Crippen LogP contribution in [0.25, 0.3) is 0 Å². The molecule has 2 aromatic heterocycles. The Kier molecular flexibility index (Phi) is 7.50. The van der Waals surface area contributed by atoms with Gasteiger partial charge in [-0.3, -0.25) is 4.90 Å². The number of hydrogen-bond acceptors (Lipinski definition) is 7. The molecule has 0 atom stereocenters. The average Bonchev–Trinajstić information content (AvgIpc) is 3.17. The quantitative estimate of drug-likeness (QED) is 0.776. The minimum atomic E-state index is -5.08. The van der Waals surface area contributed by atoms with Crippen LogP contribution in [0.3, 0.4) is 0 Å². The fourth-order valence-corrected chi connectivity index (χ4v) is 3.73. The smallest absolute Gasteiger partial charge is 0.475 e. The van der Waals surface area contributed by atoms with Crippen LogP contribution in [0.15, 0.2) is 41.3 Å². The molecule has 170 valence electrons. The van der Waals surface area contributed by atoms with Gasteiger partial charge in [0.05, 0.1) is 26.0 Å². The number of likely N-dealkylation sites (tertiary alicyclic amines) is 1. The normalized spacial score (nSPS) is 19.4. The molecule has 0 unspecified atom stereocenters. The Labute approximate surface area is 177 Å². The standard InChI is InChI=1S/C18H24N4O2.C2HF3O2/c1-3-16(24-11-1)13-21-8-4-18(5-9-21)14-22(10-12-23-15-18)17-19-6-2-7-20-17;3-2(4,5)1(6)7/h1-3,6-7,11H,4-5,8-10,12-15H2;(H,6,7). The summed E-state index contributed by atoms with van der Waals surface area (Å²) >= 11 is 0. The summed E-state index contributed by atoms with van der Waals surface area (Å²) in [5, 5.41) is 7.12. The third kappa shape index (κ3) is 6.66. The van der Waals surface area contributed by atoms with Gasteiger partial charge >= 0.3 is 12.1 Å². The predicted octanol–water partition coefficient (Wildman–Crippen LogP) is 2.82. The van der Waals surface area contributed by atoms with E-state index in [4.69, 9.17) is 19.1 Å². The number of carboxylic acid groups (broad SMARTS) is 1. The monoisotopic (exact) mass is 442 g/mol. The van der Waals surface area contributed by atoms with Crippen molar-refractivity contribution in [2.75, 3.05) is 44.3 Å². The molecule has 2 saturated heterocycles. The molecular weight excluding hydrogens is 417 g/mol. The molecule has 0 bridgehead atoms. The van der Waals surface area contributed by atoms with Crippen molar-refractivity contribution in [3.63, 3.8) is 0 Å². The predicted molar refractivity (Wildman–Crippen MR) is 104 cm³/mol. The maximum absolute atomic E-state index is 10.6. The van der Waals surface area contributed by atoms with Crippen LogP contribution in [0.2, 0.25) is 0 Å². The van der Waals surface area contributed by atoms with E-state index in [2.05, 4.69) is 19.8 Å². The summed E-state index contributed by atoms with van der Waals surface area (Å²) in [5.74, 6) is -0.893. The first-order valence-electron chi connectivity index (χ1n) is 9.92. The van der Waals surface area contributed by atoms with Gasteiger partial charge in [-0.05, 0) is 44.1 Å². The van der Waals surface area contributed by atoms with E-state index in [0.717, 1.165) is 70.5 Å². The zero-order valence-corrected chi connectivity index (χ0v) is 16.9. The Balaban J connectivity index is 0.000000339. The van der Waals surface area contributed by atoms with E-state index in [1.54, 1.807) is 6.26 Å². The molecule has 31 heavy (non-hydrogen) atoms. The van der Waals surface area contributed by atoms with Crippen molar-refractivity contribution in [1.29, 1.82) is 0 Å². The van der Waals surface area contributed by atoms with Crippen LogP contribution in [0.1, 0.15) is 18.6 Å². The molecule has 4 rings (SSSR count). The number of aromatic nitrogens is 2. The SMILES string of the molecule is O=C(O)C(F)(F)F.c1cnc(N2CCOCC3(CCN(Cc4ccco4)CC3)C2)nc1. The number of alkyl halides is 3. The lowest BCUT2D eigenvalue weighted by molar-refractivity contribution is -0.192. The fraction of sp³-hybridized carbons (Fsp3) is 0.550. The van der Waals surface area contributed by atoms with Crippen molar-refractivity contribution in [1.82, 2.24) is 14.9 Å². The number of carbonyl (C=O) groups is 1. The first-order valence-corrected chi connectivity index (χ1v) is 9.92. The van der Waals surface area contributed by atoms with Crippen LogP contribution in [0, 0.1) is 5.41 Å². The van der Waals surface area contributed by atoms with Gasteiger partial charge in [0.25, 0.3) is 0 Å². The third-order valence-corrected chi connectivity index (χ3v) is 5.39. The Morgan fingerprint density at radius 1 is 1.16 bits per heavy atom. The molecule has 0 saturated carbocycles. The highest BCUT2D eigenvalue weighted by molar-refractivity contribution is 5.73. The second kappa shape index (κ2) is 10.1. The van der Waals surface area contributed by atoms with E-state index >= 15 is 0 Å². The molecule has 0 aromatic carbocycles. The highest BCUT2D eigenvalue weighted by Gasteiger charge is 2.39. The van der Waals surface area contributed by atoms with E-state index in [-0.39, 0.29) is 5.41 Å². The molecule has 8 nitrogen and oxygen atoms in total. The summed E-state index contributed by atoms with van der Waals surface area (Å²) in [4.78, 5) is 22.5. The fourth-order valence-electron chi connectivity index (χ4n) is 3.73. The number of furan rings is 1. The van der Waals surface area contributed by atoms with Gasteiger partial charge in [-0.2, -0.15) is 13.2 Å². The van der Waals surface area contributed by atoms with Crippen LogP contribution in [-0.2, 0) is 16.1 Å². The van der Waals surface area contributed by atoms with Gasteiger partial charge in [-0.25, -0.2) is 14.8 Å². The average molecular weight is 442 g/mol. The van der Waals surface area contributed by atoms with E-state index < -0.39 is 12.1 Å². The van der Waals surface area contributed by atoms with Crippen molar-refractivity contribution in [3.05, 3.63) is 42.6 Å². The molecular formula is C20H25F3N4O4. The van der Waals surface area contributed by atoms with E-state index in [0.29, 0.717) is 0 Å². The maximum Gasteiger partial charge on any atom is 0.490 e. The summed E-state index contributed by atoms with van der Waals surface area (Å²) in [6.45, 7) is 6.48. The summed E-state index contributed by atoms with van der Waals surface area (Å²) in [7, 11) is 0. The minimum Gasteiger partial charge on any atom is -0.475 e. The van der Waals surface area contributed by atoms with Crippen LogP contribution in [0.5, 0.6) is 0 Å². The lowest BCUT2D eigenvalue weighted by Crippen LogP contribution is -2.47. The highest BCUT2D eigenvalue weighted by Crippen LogP contribution is 2.35. The Morgan fingerprint density at radius 2 is 1.84 bits per heavy atom. The van der Waals surface area contributed by atoms with E-state index in [1.165, 1.54) is 0 Å². The lowest BCUT2D eigenvalue weighted by Gasteiger charge is -2.42. The molecule has 2 aromatic rings. The molecule has 4 heterocycles. The van der Waals surface area contributed by atoms with Gasteiger partial charge in [-0.15, -0.1) is 0 Å². The highest BCUT2D eigenvalue weighted by atomic mass is 19.4. The summed E-state index contributed by atoms with van der Waals surface area (Å²) in [6.07, 6.45) is 2.56. The molecule has 0 aliphatic carbocycles. The topological polar surface area (TPSA) is 91.9 Å². The molecule has 0 amide bonds. The summed E-state index contributed by atoms with van der Waals surface area (Å²) in [5.41, 5.74) is 0.204. The van der Waals surface area contributed by atoms with E-state index in [1.807, 2.05) is 30.6 Å². The molecule has 2 aliphatic rings. The number of ether oxygens (including phenoxy) is 1. The van der Waals surface area contributed by atoms with Crippen LogP contribution in [0.4, 0.5) is 19.1 Å². The number of halogens is 3. The van der Waals surface area contributed by atoms with Crippen molar-refractivity contribution < 1.29 is 32.2 Å². The Hall–Kier alpha value is -2.66. The van der Waals surface area contributed by atoms with Crippen LogP contribution in [-0.4, -0.2) is 71.5 Å². The number of carboxylic acids is 1. The van der Waals surface area contributed by atoms with Crippen molar-refractivity contribution >= 4 is 11.9 Å². The number of rotatable bonds is 3. The summed E-state index contributed by atoms with van der Waals surface area (Å²) in [6, 6.07) is 5.87. The summed E-state index contributed by atoms with van der Waals surface area (Å²) < 4.78 is 43.2. The molecule has 2 aliphatic heterocycles. The van der Waals surface area contributed by atoms with Crippen molar-refractivity contribution in [2.45, 2.75) is 25.6 Å².